The fraction of sp³-hybridized carbons (Fsp3) is 0.588. The van der Waals surface area contributed by atoms with E-state index in [1.165, 1.54) is 0 Å². The van der Waals surface area contributed by atoms with Crippen molar-refractivity contribution in [3.05, 3.63) is 34.4 Å². The van der Waals surface area contributed by atoms with Crippen LogP contribution >= 0.6 is 0 Å². The molecule has 3 unspecified atom stereocenters. The van der Waals surface area contributed by atoms with E-state index in [2.05, 4.69) is 0 Å². The lowest BCUT2D eigenvalue weighted by molar-refractivity contribution is -0.221. The van der Waals surface area contributed by atoms with Crippen LogP contribution in [0.2, 0.25) is 0 Å². The zero-order valence-electron chi connectivity index (χ0n) is 13.2. The van der Waals surface area contributed by atoms with Gasteiger partial charge in [0.2, 0.25) is 0 Å². The largest absolute Gasteiger partial charge is 0.415 e. The summed E-state index contributed by atoms with van der Waals surface area (Å²) >= 11 is 0. The normalized spacial score (nSPS) is 22.3. The minimum absolute atomic E-state index is 0.106. The molecule has 0 fully saturated rings. The lowest BCUT2D eigenvalue weighted by atomic mass is 9.94. The molecule has 0 heterocycles. The topological polar surface area (TPSA) is 57.5 Å². The average molecular weight is 330 g/mol. The minimum Gasteiger partial charge on any atom is -0.388 e. The fourth-order valence-electron chi connectivity index (χ4n) is 3.21. The summed E-state index contributed by atoms with van der Waals surface area (Å²) in [5, 5.41) is 19.6. The molecular formula is C17H21F3O3. The summed E-state index contributed by atoms with van der Waals surface area (Å²) in [6.45, 7) is 3.97. The van der Waals surface area contributed by atoms with Gasteiger partial charge in [-0.05, 0) is 35.6 Å². The SMILES string of the molecule is CCCc1cc2c(cc1CCC)C(O)C(C(O)C(F)(F)F)C2=O. The third-order valence-electron chi connectivity index (χ3n) is 4.31. The van der Waals surface area contributed by atoms with E-state index in [0.717, 1.165) is 36.8 Å². The Morgan fingerprint density at radius 1 is 1.13 bits per heavy atom. The zero-order valence-corrected chi connectivity index (χ0v) is 13.2. The van der Waals surface area contributed by atoms with Gasteiger partial charge >= 0.3 is 6.18 Å². The number of alkyl halides is 3. The summed E-state index contributed by atoms with van der Waals surface area (Å²) in [5.41, 5.74) is 2.18. The second kappa shape index (κ2) is 6.61. The lowest BCUT2D eigenvalue weighted by Gasteiger charge is -2.22. The van der Waals surface area contributed by atoms with E-state index in [-0.39, 0.29) is 11.1 Å². The fourth-order valence-corrected chi connectivity index (χ4v) is 3.21. The van der Waals surface area contributed by atoms with Crippen molar-refractivity contribution in [1.82, 2.24) is 0 Å². The van der Waals surface area contributed by atoms with Crippen molar-refractivity contribution < 1.29 is 28.2 Å². The van der Waals surface area contributed by atoms with Gasteiger partial charge in [0.15, 0.2) is 11.9 Å². The maximum Gasteiger partial charge on any atom is 0.415 e. The molecule has 6 heteroatoms. The van der Waals surface area contributed by atoms with Crippen LogP contribution in [-0.4, -0.2) is 28.3 Å². The van der Waals surface area contributed by atoms with Crippen molar-refractivity contribution in [2.24, 2.45) is 5.92 Å². The number of carbonyl (C=O) groups excluding carboxylic acids is 1. The first kappa shape index (κ1) is 17.9. The summed E-state index contributed by atoms with van der Waals surface area (Å²) in [5.74, 6) is -2.71. The smallest absolute Gasteiger partial charge is 0.388 e. The van der Waals surface area contributed by atoms with E-state index in [4.69, 9.17) is 0 Å². The van der Waals surface area contributed by atoms with Crippen molar-refractivity contribution in [3.8, 4) is 0 Å². The molecule has 1 aromatic carbocycles. The number of hydrogen-bond donors (Lipinski definition) is 2. The van der Waals surface area contributed by atoms with Gasteiger partial charge in [-0.25, -0.2) is 0 Å². The van der Waals surface area contributed by atoms with Crippen LogP contribution in [0, 0.1) is 5.92 Å². The molecule has 1 aromatic rings. The molecule has 3 nitrogen and oxygen atoms in total. The minimum atomic E-state index is -4.94. The van der Waals surface area contributed by atoms with Crippen LogP contribution in [0.5, 0.6) is 0 Å². The highest BCUT2D eigenvalue weighted by atomic mass is 19.4. The molecule has 0 amide bonds. The maximum atomic E-state index is 12.8. The van der Waals surface area contributed by atoms with Gasteiger partial charge in [0.05, 0.1) is 12.0 Å². The number of rotatable bonds is 5. The monoisotopic (exact) mass is 330 g/mol. The molecule has 0 aromatic heterocycles. The Bertz CT molecular complexity index is 595. The highest BCUT2D eigenvalue weighted by Gasteiger charge is 2.53. The Kier molecular flexibility index (Phi) is 5.16. The van der Waals surface area contributed by atoms with Gasteiger partial charge in [-0.15, -0.1) is 0 Å². The molecular weight excluding hydrogens is 309 g/mol. The van der Waals surface area contributed by atoms with E-state index < -0.39 is 30.1 Å². The molecule has 1 aliphatic carbocycles. The second-order valence-corrected chi connectivity index (χ2v) is 6.03. The van der Waals surface area contributed by atoms with Crippen molar-refractivity contribution >= 4 is 5.78 Å². The van der Waals surface area contributed by atoms with E-state index in [9.17, 15) is 28.2 Å². The van der Waals surface area contributed by atoms with Gasteiger partial charge in [0.1, 0.15) is 0 Å². The molecule has 0 spiro atoms. The van der Waals surface area contributed by atoms with Crippen molar-refractivity contribution in [2.45, 2.75) is 57.9 Å². The molecule has 1 aliphatic rings. The van der Waals surface area contributed by atoms with Gasteiger partial charge in [0.25, 0.3) is 0 Å². The molecule has 2 rings (SSSR count). The summed E-state index contributed by atoms with van der Waals surface area (Å²) < 4.78 is 38.3. The van der Waals surface area contributed by atoms with Gasteiger partial charge in [-0.1, -0.05) is 32.8 Å². The summed E-state index contributed by atoms with van der Waals surface area (Å²) in [4.78, 5) is 12.3. The van der Waals surface area contributed by atoms with Crippen LogP contribution in [0.4, 0.5) is 13.2 Å². The maximum absolute atomic E-state index is 12.8. The number of carbonyl (C=O) groups is 1. The van der Waals surface area contributed by atoms with E-state index in [1.807, 2.05) is 13.8 Å². The number of Topliss-reactive ketones (excluding diaryl/α,β-unsaturated/α-hetero) is 1. The number of aliphatic hydroxyl groups excluding tert-OH is 2. The summed E-state index contributed by atoms with van der Waals surface area (Å²) in [7, 11) is 0. The zero-order chi connectivity index (χ0) is 17.4. The summed E-state index contributed by atoms with van der Waals surface area (Å²) in [6.07, 6.45) is -6.27. The first-order chi connectivity index (χ1) is 10.7. The van der Waals surface area contributed by atoms with Gasteiger partial charge < -0.3 is 10.2 Å². The van der Waals surface area contributed by atoms with E-state index >= 15 is 0 Å². The number of hydrogen-bond acceptors (Lipinski definition) is 3. The first-order valence-electron chi connectivity index (χ1n) is 7.85. The van der Waals surface area contributed by atoms with Gasteiger partial charge in [-0.3, -0.25) is 4.79 Å². The quantitative estimate of drug-likeness (QED) is 0.870. The number of aryl methyl sites for hydroxylation is 2. The summed E-state index contributed by atoms with van der Waals surface area (Å²) in [6, 6.07) is 3.23. The highest BCUT2D eigenvalue weighted by Crippen LogP contribution is 2.43. The van der Waals surface area contributed by atoms with Crippen LogP contribution in [-0.2, 0) is 12.8 Å². The number of aliphatic hydroxyl groups is 2. The number of ketones is 1. The van der Waals surface area contributed by atoms with Crippen LogP contribution in [0.25, 0.3) is 0 Å². The Labute approximate surface area is 133 Å². The third-order valence-corrected chi connectivity index (χ3v) is 4.31. The third kappa shape index (κ3) is 3.28. The Hall–Kier alpha value is -1.40. The predicted molar refractivity (Wildman–Crippen MR) is 79.3 cm³/mol. The lowest BCUT2D eigenvalue weighted by Crippen LogP contribution is -2.40. The van der Waals surface area contributed by atoms with E-state index in [0.29, 0.717) is 0 Å². The van der Waals surface area contributed by atoms with Crippen molar-refractivity contribution in [1.29, 1.82) is 0 Å². The molecule has 128 valence electrons. The van der Waals surface area contributed by atoms with Crippen LogP contribution in [0.1, 0.15) is 59.8 Å². The number of benzene rings is 1. The molecule has 2 N–H and O–H groups in total. The van der Waals surface area contributed by atoms with Gasteiger partial charge in [-0.2, -0.15) is 13.2 Å². The molecule has 0 saturated heterocycles. The molecule has 0 saturated carbocycles. The second-order valence-electron chi connectivity index (χ2n) is 6.03. The molecule has 3 atom stereocenters. The number of fused-ring (bicyclic) bond motifs is 1. The molecule has 0 radical (unpaired) electrons. The molecule has 23 heavy (non-hydrogen) atoms. The molecule has 0 aliphatic heterocycles. The Balaban J connectivity index is 2.47. The predicted octanol–water partition coefficient (Wildman–Crippen LogP) is 3.36. The van der Waals surface area contributed by atoms with E-state index in [1.54, 1.807) is 12.1 Å². The first-order valence-corrected chi connectivity index (χ1v) is 7.85. The Morgan fingerprint density at radius 2 is 1.65 bits per heavy atom. The van der Waals surface area contributed by atoms with Gasteiger partial charge in [0, 0.05) is 5.56 Å². The highest BCUT2D eigenvalue weighted by molar-refractivity contribution is 6.03. The van der Waals surface area contributed by atoms with Crippen molar-refractivity contribution in [3.63, 3.8) is 0 Å². The van der Waals surface area contributed by atoms with Crippen LogP contribution < -0.4 is 0 Å². The Morgan fingerprint density at radius 3 is 2.13 bits per heavy atom. The molecule has 0 bridgehead atoms. The standard InChI is InChI=1S/C17H21F3O3/c1-3-5-9-7-11-12(8-10(9)6-4-2)15(22)13(14(11)21)16(23)17(18,19)20/h7-8,13-14,16,21,23H,3-6H2,1-2H3. The van der Waals surface area contributed by atoms with Crippen LogP contribution in [0.15, 0.2) is 12.1 Å². The number of halogens is 3. The average Bonchev–Trinajstić information content (AvgIpc) is 2.70. The van der Waals surface area contributed by atoms with Crippen LogP contribution in [0.3, 0.4) is 0 Å². The van der Waals surface area contributed by atoms with Crippen molar-refractivity contribution in [2.75, 3.05) is 0 Å².